The van der Waals surface area contributed by atoms with Crippen molar-refractivity contribution in [1.29, 1.82) is 0 Å². The molecule has 6 heteroatoms. The lowest BCUT2D eigenvalue weighted by molar-refractivity contribution is 0.0939. The van der Waals surface area contributed by atoms with E-state index in [1.807, 2.05) is 24.3 Å². The first kappa shape index (κ1) is 15.9. The largest absolute Gasteiger partial charge is 0.345 e. The van der Waals surface area contributed by atoms with Gasteiger partial charge < -0.3 is 5.32 Å². The summed E-state index contributed by atoms with van der Waals surface area (Å²) in [5.74, 6) is -2.76. The number of carbonyl (C=O) groups excluding carboxylic acids is 1. The molecule has 1 amide bonds. The Kier molecular flexibility index (Phi) is 4.96. The van der Waals surface area contributed by atoms with Crippen molar-refractivity contribution < 1.29 is 13.6 Å². The van der Waals surface area contributed by atoms with Gasteiger partial charge in [-0.2, -0.15) is 0 Å². The summed E-state index contributed by atoms with van der Waals surface area (Å²) in [5, 5.41) is 2.56. The van der Waals surface area contributed by atoms with E-state index in [0.717, 1.165) is 22.2 Å². The lowest BCUT2D eigenvalue weighted by Crippen LogP contribution is -2.27. The van der Waals surface area contributed by atoms with Crippen LogP contribution in [-0.2, 0) is 0 Å². The van der Waals surface area contributed by atoms with Crippen molar-refractivity contribution in [3.63, 3.8) is 0 Å². The van der Waals surface area contributed by atoms with E-state index >= 15 is 0 Å². The summed E-state index contributed by atoms with van der Waals surface area (Å²) < 4.78 is 27.1. The summed E-state index contributed by atoms with van der Waals surface area (Å²) in [7, 11) is 0. The van der Waals surface area contributed by atoms with Gasteiger partial charge in [0, 0.05) is 4.47 Å². The van der Waals surface area contributed by atoms with Crippen molar-refractivity contribution in [2.45, 2.75) is 13.0 Å². The molecule has 0 aromatic heterocycles. The van der Waals surface area contributed by atoms with E-state index < -0.39 is 17.5 Å². The van der Waals surface area contributed by atoms with E-state index in [0.29, 0.717) is 0 Å². The van der Waals surface area contributed by atoms with Crippen molar-refractivity contribution in [3.8, 4) is 0 Å². The molecule has 1 N–H and O–H groups in total. The zero-order valence-electron chi connectivity index (χ0n) is 11.0. The number of nitrogens with one attached hydrogen (secondary N) is 1. The van der Waals surface area contributed by atoms with Gasteiger partial charge >= 0.3 is 0 Å². The Bertz CT molecular complexity index is 676. The van der Waals surface area contributed by atoms with Crippen molar-refractivity contribution in [1.82, 2.24) is 5.32 Å². The molecule has 0 aliphatic heterocycles. The molecule has 0 aliphatic rings. The minimum absolute atomic E-state index is 0.0977. The number of halogens is 4. The van der Waals surface area contributed by atoms with Crippen molar-refractivity contribution >= 4 is 33.4 Å². The van der Waals surface area contributed by atoms with Gasteiger partial charge in [-0.1, -0.05) is 39.7 Å². The van der Waals surface area contributed by atoms with Crippen molar-refractivity contribution in [2.75, 3.05) is 0 Å². The van der Waals surface area contributed by atoms with Crippen LogP contribution in [0.1, 0.15) is 28.9 Å². The monoisotopic (exact) mass is 373 g/mol. The molecule has 2 rings (SSSR count). The van der Waals surface area contributed by atoms with Crippen molar-refractivity contribution in [3.05, 3.63) is 68.7 Å². The number of amides is 1. The third kappa shape index (κ3) is 3.80. The Morgan fingerprint density at radius 2 is 1.76 bits per heavy atom. The van der Waals surface area contributed by atoms with Crippen LogP contribution in [0.3, 0.4) is 0 Å². The molecule has 1 atom stereocenters. The second-order valence-corrected chi connectivity index (χ2v) is 5.82. The number of rotatable bonds is 3. The molecule has 21 heavy (non-hydrogen) atoms. The number of hydrogen-bond acceptors (Lipinski definition) is 1. The first-order valence-corrected chi connectivity index (χ1v) is 7.26. The molecule has 0 heterocycles. The molecular formula is C15H11BrClF2NO. The molecule has 2 aromatic rings. The Hall–Kier alpha value is -1.46. The van der Waals surface area contributed by atoms with Gasteiger partial charge in [0.25, 0.3) is 5.91 Å². The maximum Gasteiger partial charge on any atom is 0.253 e. The molecular weight excluding hydrogens is 364 g/mol. The second-order valence-electron chi connectivity index (χ2n) is 4.49. The smallest absolute Gasteiger partial charge is 0.253 e. The minimum Gasteiger partial charge on any atom is -0.345 e. The predicted molar refractivity (Wildman–Crippen MR) is 81.4 cm³/mol. The lowest BCUT2D eigenvalue weighted by atomic mass is 10.1. The standard InChI is InChI=1S/C15H11BrClF2NO/c1-8(9-2-4-10(16)5-3-9)20-15(21)11-6-13(18)14(19)7-12(11)17/h2-8H,1H3,(H,20,21). The average Bonchev–Trinajstić information content (AvgIpc) is 2.43. The Balaban J connectivity index is 2.18. The predicted octanol–water partition coefficient (Wildman–Crippen LogP) is 4.87. The van der Waals surface area contributed by atoms with E-state index in [4.69, 9.17) is 11.6 Å². The summed E-state index contributed by atoms with van der Waals surface area (Å²) in [6, 6.07) is 8.68. The van der Waals surface area contributed by atoms with Crippen LogP contribution in [0.25, 0.3) is 0 Å². The molecule has 0 fully saturated rings. The maximum atomic E-state index is 13.2. The summed E-state index contributed by atoms with van der Waals surface area (Å²) in [5.41, 5.74) is 0.782. The number of hydrogen-bond donors (Lipinski definition) is 1. The van der Waals surface area contributed by atoms with Gasteiger partial charge in [0.2, 0.25) is 0 Å². The highest BCUT2D eigenvalue weighted by molar-refractivity contribution is 9.10. The summed E-state index contributed by atoms with van der Waals surface area (Å²) in [6.45, 7) is 1.79. The molecule has 110 valence electrons. The maximum absolute atomic E-state index is 13.2. The van der Waals surface area contributed by atoms with E-state index in [2.05, 4.69) is 21.2 Å². The molecule has 0 bridgehead atoms. The van der Waals surface area contributed by atoms with E-state index in [-0.39, 0.29) is 16.6 Å². The van der Waals surface area contributed by atoms with Crippen LogP contribution in [0.5, 0.6) is 0 Å². The zero-order valence-corrected chi connectivity index (χ0v) is 13.3. The third-order valence-electron chi connectivity index (χ3n) is 2.97. The summed E-state index contributed by atoms with van der Waals surface area (Å²) >= 11 is 9.10. The molecule has 0 aliphatic carbocycles. The van der Waals surface area contributed by atoms with Crippen LogP contribution in [-0.4, -0.2) is 5.91 Å². The number of carbonyl (C=O) groups is 1. The Morgan fingerprint density at radius 1 is 1.19 bits per heavy atom. The van der Waals surface area contributed by atoms with E-state index in [1.54, 1.807) is 6.92 Å². The van der Waals surface area contributed by atoms with Gasteiger partial charge in [-0.25, -0.2) is 8.78 Å². The summed E-state index contributed by atoms with van der Waals surface area (Å²) in [6.07, 6.45) is 0. The normalized spacial score (nSPS) is 12.0. The zero-order chi connectivity index (χ0) is 15.6. The molecule has 0 spiro atoms. The van der Waals surface area contributed by atoms with Gasteiger partial charge in [-0.3, -0.25) is 4.79 Å². The van der Waals surface area contributed by atoms with Crippen LogP contribution in [0.2, 0.25) is 5.02 Å². The quantitative estimate of drug-likeness (QED) is 0.763. The Morgan fingerprint density at radius 3 is 2.38 bits per heavy atom. The molecule has 2 aromatic carbocycles. The highest BCUT2D eigenvalue weighted by atomic mass is 79.9. The first-order chi connectivity index (χ1) is 9.88. The minimum atomic E-state index is -1.11. The molecule has 2 nitrogen and oxygen atoms in total. The van der Waals surface area contributed by atoms with Gasteiger partial charge in [0.15, 0.2) is 11.6 Å². The fourth-order valence-corrected chi connectivity index (χ4v) is 2.31. The summed E-state index contributed by atoms with van der Waals surface area (Å²) in [4.78, 5) is 12.1. The molecule has 0 saturated carbocycles. The van der Waals surface area contributed by atoms with E-state index in [1.165, 1.54) is 0 Å². The van der Waals surface area contributed by atoms with Crippen LogP contribution in [0.15, 0.2) is 40.9 Å². The van der Waals surface area contributed by atoms with Crippen LogP contribution < -0.4 is 5.32 Å². The third-order valence-corrected chi connectivity index (χ3v) is 3.81. The van der Waals surface area contributed by atoms with Gasteiger partial charge in [-0.05, 0) is 36.8 Å². The molecule has 0 saturated heterocycles. The SMILES string of the molecule is CC(NC(=O)c1cc(F)c(F)cc1Cl)c1ccc(Br)cc1. The molecule has 0 radical (unpaired) electrons. The lowest BCUT2D eigenvalue weighted by Gasteiger charge is -2.15. The average molecular weight is 375 g/mol. The topological polar surface area (TPSA) is 29.1 Å². The fraction of sp³-hybridized carbons (Fsp3) is 0.133. The van der Waals surface area contributed by atoms with Crippen LogP contribution in [0, 0.1) is 11.6 Å². The fourth-order valence-electron chi connectivity index (χ4n) is 1.81. The van der Waals surface area contributed by atoms with Gasteiger partial charge in [-0.15, -0.1) is 0 Å². The number of benzene rings is 2. The van der Waals surface area contributed by atoms with Crippen LogP contribution >= 0.6 is 27.5 Å². The second kappa shape index (κ2) is 6.54. The highest BCUT2D eigenvalue weighted by Gasteiger charge is 2.17. The molecule has 1 unspecified atom stereocenters. The van der Waals surface area contributed by atoms with Crippen molar-refractivity contribution in [2.24, 2.45) is 0 Å². The Labute approximate surface area is 134 Å². The highest BCUT2D eigenvalue weighted by Crippen LogP contribution is 2.22. The van der Waals surface area contributed by atoms with Crippen LogP contribution in [0.4, 0.5) is 8.78 Å². The van der Waals surface area contributed by atoms with Gasteiger partial charge in [0.1, 0.15) is 0 Å². The van der Waals surface area contributed by atoms with Gasteiger partial charge in [0.05, 0.1) is 16.6 Å². The van der Waals surface area contributed by atoms with E-state index in [9.17, 15) is 13.6 Å². The first-order valence-electron chi connectivity index (χ1n) is 6.09.